The lowest BCUT2D eigenvalue weighted by Crippen LogP contribution is -2.25. The van der Waals surface area contributed by atoms with E-state index in [4.69, 9.17) is 14.9 Å². The van der Waals surface area contributed by atoms with Crippen LogP contribution >= 0.6 is 0 Å². The Balaban J connectivity index is 1.63. The molecule has 0 radical (unpaired) electrons. The average Bonchev–Trinajstić information content (AvgIpc) is 2.92. The number of fused-ring (bicyclic) bond motifs is 1. The van der Waals surface area contributed by atoms with Gasteiger partial charge >= 0.3 is 11.9 Å². The van der Waals surface area contributed by atoms with Crippen molar-refractivity contribution in [2.24, 2.45) is 5.92 Å². The second-order valence-electron chi connectivity index (χ2n) is 6.80. The Morgan fingerprint density at radius 2 is 1.64 bits per heavy atom. The number of carbonyl (C=O) groups is 2. The van der Waals surface area contributed by atoms with E-state index < -0.39 is 17.9 Å². The molecule has 0 spiro atoms. The van der Waals surface area contributed by atoms with Crippen molar-refractivity contribution in [1.82, 2.24) is 4.57 Å². The zero-order valence-electron chi connectivity index (χ0n) is 15.9. The molecule has 0 aliphatic rings. The average molecular weight is 381 g/mol. The lowest BCUT2D eigenvalue weighted by molar-refractivity contribution is -0.154. The van der Waals surface area contributed by atoms with Gasteiger partial charge in [0, 0.05) is 16.6 Å². The van der Waals surface area contributed by atoms with Crippen molar-refractivity contribution in [2.75, 3.05) is 6.61 Å². The SMILES string of the molecule is Cc1c(C)n(CCOc2ccc(CC(C(=O)O)C(=O)O)cc2)c2ccccc12. The van der Waals surface area contributed by atoms with Gasteiger partial charge in [0.25, 0.3) is 0 Å². The molecule has 2 N–H and O–H groups in total. The largest absolute Gasteiger partial charge is 0.492 e. The number of aliphatic carboxylic acids is 2. The van der Waals surface area contributed by atoms with Crippen LogP contribution in [-0.2, 0) is 22.6 Å². The predicted octanol–water partition coefficient (Wildman–Crippen LogP) is 3.67. The molecule has 2 aromatic carbocycles. The number of nitrogens with zero attached hydrogens (tertiary/aromatic N) is 1. The number of benzene rings is 2. The molecule has 6 nitrogen and oxygen atoms in total. The Labute approximate surface area is 163 Å². The monoisotopic (exact) mass is 381 g/mol. The Bertz CT molecular complexity index is 990. The molecule has 146 valence electrons. The number of hydrogen-bond donors (Lipinski definition) is 2. The highest BCUT2D eigenvalue weighted by Gasteiger charge is 2.25. The highest BCUT2D eigenvalue weighted by atomic mass is 16.5. The summed E-state index contributed by atoms with van der Waals surface area (Å²) >= 11 is 0. The van der Waals surface area contributed by atoms with Crippen LogP contribution in [-0.4, -0.2) is 33.3 Å². The summed E-state index contributed by atoms with van der Waals surface area (Å²) < 4.78 is 8.06. The van der Waals surface area contributed by atoms with Crippen LogP contribution in [0, 0.1) is 19.8 Å². The molecule has 0 unspecified atom stereocenters. The third-order valence-electron chi connectivity index (χ3n) is 5.09. The summed E-state index contributed by atoms with van der Waals surface area (Å²) in [4.78, 5) is 22.0. The number of para-hydroxylation sites is 1. The molecular weight excluding hydrogens is 358 g/mol. The number of carboxylic acid groups (broad SMARTS) is 2. The predicted molar refractivity (Wildman–Crippen MR) is 106 cm³/mol. The maximum atomic E-state index is 11.0. The minimum absolute atomic E-state index is 0.0568. The van der Waals surface area contributed by atoms with Crippen LogP contribution in [0.5, 0.6) is 5.75 Å². The molecule has 1 aromatic heterocycles. The fourth-order valence-corrected chi connectivity index (χ4v) is 3.38. The van der Waals surface area contributed by atoms with Crippen molar-refractivity contribution in [3.63, 3.8) is 0 Å². The van der Waals surface area contributed by atoms with E-state index in [2.05, 4.69) is 30.5 Å². The van der Waals surface area contributed by atoms with E-state index in [9.17, 15) is 9.59 Å². The maximum Gasteiger partial charge on any atom is 0.318 e. The number of rotatable bonds is 8. The van der Waals surface area contributed by atoms with Gasteiger partial charge in [-0.05, 0) is 49.6 Å². The molecule has 0 aliphatic carbocycles. The van der Waals surface area contributed by atoms with E-state index >= 15 is 0 Å². The van der Waals surface area contributed by atoms with E-state index in [0.717, 1.165) is 0 Å². The number of hydrogen-bond acceptors (Lipinski definition) is 3. The molecule has 28 heavy (non-hydrogen) atoms. The zero-order valence-corrected chi connectivity index (χ0v) is 15.9. The quantitative estimate of drug-likeness (QED) is 0.581. The van der Waals surface area contributed by atoms with E-state index in [0.29, 0.717) is 24.5 Å². The zero-order chi connectivity index (χ0) is 20.3. The van der Waals surface area contributed by atoms with Gasteiger partial charge in [0.1, 0.15) is 12.4 Å². The summed E-state index contributed by atoms with van der Waals surface area (Å²) in [6, 6.07) is 15.2. The smallest absolute Gasteiger partial charge is 0.318 e. The first-order valence-corrected chi connectivity index (χ1v) is 9.10. The molecule has 0 aliphatic heterocycles. The first-order chi connectivity index (χ1) is 13.4. The van der Waals surface area contributed by atoms with Crippen LogP contribution in [0.2, 0.25) is 0 Å². The van der Waals surface area contributed by atoms with Gasteiger partial charge in [-0.3, -0.25) is 9.59 Å². The third kappa shape index (κ3) is 4.01. The van der Waals surface area contributed by atoms with Crippen LogP contribution in [0.1, 0.15) is 16.8 Å². The molecule has 1 heterocycles. The van der Waals surface area contributed by atoms with Crippen molar-refractivity contribution in [3.05, 3.63) is 65.4 Å². The van der Waals surface area contributed by atoms with E-state index in [1.165, 1.54) is 22.2 Å². The van der Waals surface area contributed by atoms with E-state index in [1.807, 2.05) is 12.1 Å². The number of ether oxygens (including phenoxy) is 1. The molecule has 3 aromatic rings. The van der Waals surface area contributed by atoms with Gasteiger partial charge < -0.3 is 19.5 Å². The minimum atomic E-state index is -1.44. The van der Waals surface area contributed by atoms with Crippen LogP contribution in [0.25, 0.3) is 10.9 Å². The lowest BCUT2D eigenvalue weighted by Gasteiger charge is -2.11. The highest BCUT2D eigenvalue weighted by molar-refractivity contribution is 5.93. The highest BCUT2D eigenvalue weighted by Crippen LogP contribution is 2.25. The van der Waals surface area contributed by atoms with Gasteiger partial charge in [0.05, 0.1) is 6.54 Å². The number of aromatic nitrogens is 1. The topological polar surface area (TPSA) is 88.8 Å². The summed E-state index contributed by atoms with van der Waals surface area (Å²) in [5, 5.41) is 19.2. The molecule has 0 bridgehead atoms. The summed E-state index contributed by atoms with van der Waals surface area (Å²) in [6.07, 6.45) is -0.0568. The van der Waals surface area contributed by atoms with Crippen LogP contribution in [0.4, 0.5) is 0 Å². The molecular formula is C22H23NO5. The van der Waals surface area contributed by atoms with Crippen molar-refractivity contribution in [3.8, 4) is 5.75 Å². The molecule has 6 heteroatoms. The maximum absolute atomic E-state index is 11.0. The van der Waals surface area contributed by atoms with Crippen molar-refractivity contribution in [1.29, 1.82) is 0 Å². The van der Waals surface area contributed by atoms with Crippen LogP contribution in [0.15, 0.2) is 48.5 Å². The third-order valence-corrected chi connectivity index (χ3v) is 5.09. The first kappa shape index (κ1) is 19.5. The molecule has 0 saturated carbocycles. The number of carboxylic acids is 2. The van der Waals surface area contributed by atoms with Crippen LogP contribution in [0.3, 0.4) is 0 Å². The van der Waals surface area contributed by atoms with Crippen molar-refractivity contribution >= 4 is 22.8 Å². The molecule has 0 saturated heterocycles. The molecule has 0 fully saturated rings. The normalized spacial score (nSPS) is 11.1. The van der Waals surface area contributed by atoms with E-state index in [-0.39, 0.29) is 6.42 Å². The van der Waals surface area contributed by atoms with Gasteiger partial charge in [0.15, 0.2) is 5.92 Å². The summed E-state index contributed by atoms with van der Waals surface area (Å²) in [7, 11) is 0. The van der Waals surface area contributed by atoms with Crippen molar-refractivity contribution < 1.29 is 24.5 Å². The fourth-order valence-electron chi connectivity index (χ4n) is 3.38. The second-order valence-corrected chi connectivity index (χ2v) is 6.80. The lowest BCUT2D eigenvalue weighted by atomic mass is 10.00. The van der Waals surface area contributed by atoms with Gasteiger partial charge in [-0.15, -0.1) is 0 Å². The van der Waals surface area contributed by atoms with Crippen molar-refractivity contribution in [2.45, 2.75) is 26.8 Å². The van der Waals surface area contributed by atoms with Gasteiger partial charge in [0.2, 0.25) is 0 Å². The number of aryl methyl sites for hydroxylation is 1. The first-order valence-electron chi connectivity index (χ1n) is 9.10. The van der Waals surface area contributed by atoms with E-state index in [1.54, 1.807) is 24.3 Å². The van der Waals surface area contributed by atoms with Gasteiger partial charge in [-0.2, -0.15) is 0 Å². The fraction of sp³-hybridized carbons (Fsp3) is 0.273. The summed E-state index contributed by atoms with van der Waals surface area (Å²) in [5.41, 5.74) is 4.31. The molecule has 0 atom stereocenters. The Kier molecular flexibility index (Phi) is 5.68. The molecule has 3 rings (SSSR count). The molecule has 0 amide bonds. The Morgan fingerprint density at radius 3 is 2.29 bits per heavy atom. The summed E-state index contributed by atoms with van der Waals surface area (Å²) in [6.45, 7) is 5.42. The Morgan fingerprint density at radius 1 is 1.00 bits per heavy atom. The van der Waals surface area contributed by atoms with Gasteiger partial charge in [-0.25, -0.2) is 0 Å². The second kappa shape index (κ2) is 8.17. The summed E-state index contributed by atoms with van der Waals surface area (Å²) in [5.74, 6) is -3.45. The van der Waals surface area contributed by atoms with Gasteiger partial charge in [-0.1, -0.05) is 30.3 Å². The Hall–Kier alpha value is -3.28. The minimum Gasteiger partial charge on any atom is -0.492 e. The standard InChI is InChI=1S/C22H23NO5/c1-14-15(2)23(20-6-4-3-5-18(14)20)11-12-28-17-9-7-16(8-10-17)13-19(21(24)25)22(26)27/h3-10,19H,11-13H2,1-2H3,(H,24,25)(H,26,27). The van der Waals surface area contributed by atoms with Crippen LogP contribution < -0.4 is 4.74 Å².